The van der Waals surface area contributed by atoms with Gasteiger partial charge in [-0.1, -0.05) is 32.6 Å². The fourth-order valence-electron chi connectivity index (χ4n) is 4.74. The third-order valence-electron chi connectivity index (χ3n) is 6.33. The van der Waals surface area contributed by atoms with Crippen LogP contribution in [0.1, 0.15) is 84.0 Å². The van der Waals surface area contributed by atoms with E-state index in [1.807, 2.05) is 0 Å². The molecule has 2 aliphatic rings. The van der Waals surface area contributed by atoms with E-state index >= 15 is 0 Å². The van der Waals surface area contributed by atoms with Gasteiger partial charge >= 0.3 is 5.97 Å². The summed E-state index contributed by atoms with van der Waals surface area (Å²) in [4.78, 5) is 12.0. The lowest BCUT2D eigenvalue weighted by molar-refractivity contribution is -0.157. The average molecular weight is 305 g/mol. The van der Waals surface area contributed by atoms with Gasteiger partial charge in [-0.3, -0.25) is 4.79 Å². The number of nitriles is 1. The third-order valence-corrected chi connectivity index (χ3v) is 6.33. The van der Waals surface area contributed by atoms with Gasteiger partial charge in [-0.25, -0.2) is 0 Å². The molecule has 0 radical (unpaired) electrons. The van der Waals surface area contributed by atoms with E-state index in [0.29, 0.717) is 5.92 Å². The molecule has 0 aliphatic heterocycles. The van der Waals surface area contributed by atoms with Crippen LogP contribution in [-0.4, -0.2) is 11.1 Å². The van der Waals surface area contributed by atoms with Gasteiger partial charge in [0, 0.05) is 5.92 Å². The maximum Gasteiger partial charge on any atom is 0.309 e. The van der Waals surface area contributed by atoms with Gasteiger partial charge in [-0.15, -0.1) is 0 Å². The average Bonchev–Trinajstić information content (AvgIpc) is 2.56. The van der Waals surface area contributed by atoms with Crippen LogP contribution in [0.15, 0.2) is 0 Å². The fraction of sp³-hybridized carbons (Fsp3) is 0.895. The van der Waals surface area contributed by atoms with Crippen molar-refractivity contribution in [2.24, 2.45) is 23.2 Å². The van der Waals surface area contributed by atoms with Crippen molar-refractivity contribution in [3.63, 3.8) is 0 Å². The van der Waals surface area contributed by atoms with Crippen molar-refractivity contribution in [1.82, 2.24) is 0 Å². The minimum absolute atomic E-state index is 0.160. The van der Waals surface area contributed by atoms with Crippen LogP contribution in [0.2, 0.25) is 0 Å². The molecule has 0 aromatic heterocycles. The minimum Gasteiger partial charge on any atom is -0.481 e. The van der Waals surface area contributed by atoms with Crippen molar-refractivity contribution in [1.29, 1.82) is 5.26 Å². The molecule has 0 heterocycles. The summed E-state index contributed by atoms with van der Waals surface area (Å²) in [5, 5.41) is 18.9. The molecule has 2 rings (SSSR count). The van der Waals surface area contributed by atoms with E-state index < -0.39 is 11.4 Å². The summed E-state index contributed by atoms with van der Waals surface area (Å²) in [6, 6.07) is 2.36. The van der Waals surface area contributed by atoms with Crippen molar-refractivity contribution in [3.8, 4) is 6.07 Å². The zero-order valence-corrected chi connectivity index (χ0v) is 14.0. The lowest BCUT2D eigenvalue weighted by atomic mass is 9.59. The number of hydrogen-bond acceptors (Lipinski definition) is 2. The van der Waals surface area contributed by atoms with E-state index in [4.69, 9.17) is 5.26 Å². The molecule has 0 saturated heterocycles. The molecule has 0 unspecified atom stereocenters. The quantitative estimate of drug-likeness (QED) is 0.690. The fourth-order valence-corrected chi connectivity index (χ4v) is 4.74. The Morgan fingerprint density at radius 2 is 1.77 bits per heavy atom. The summed E-state index contributed by atoms with van der Waals surface area (Å²) in [5.41, 5.74) is -0.484. The Hall–Kier alpha value is -1.04. The van der Waals surface area contributed by atoms with Gasteiger partial charge in [0.1, 0.15) is 0 Å². The van der Waals surface area contributed by atoms with Crippen LogP contribution in [0.3, 0.4) is 0 Å². The summed E-state index contributed by atoms with van der Waals surface area (Å²) in [6.45, 7) is 2.23. The maximum atomic E-state index is 12.0. The molecule has 0 spiro atoms. The number of hydrogen-bond donors (Lipinski definition) is 1. The molecule has 0 amide bonds. The molecule has 1 N–H and O–H groups in total. The van der Waals surface area contributed by atoms with Gasteiger partial charge in [0.05, 0.1) is 11.5 Å². The molecule has 3 heteroatoms. The monoisotopic (exact) mass is 305 g/mol. The van der Waals surface area contributed by atoms with Crippen LogP contribution >= 0.6 is 0 Å². The zero-order chi connectivity index (χ0) is 16.0. The number of aliphatic carboxylic acids is 1. The van der Waals surface area contributed by atoms with Crippen molar-refractivity contribution in [3.05, 3.63) is 0 Å². The van der Waals surface area contributed by atoms with Crippen molar-refractivity contribution >= 4 is 5.97 Å². The standard InChI is InChI=1S/C19H31NO2/c1-2-3-4-5-15-10-12-19(13-11-15,18(21)22)17-8-6-16(14-20)7-9-17/h15-17H,2-13H2,1H3,(H,21,22). The number of unbranched alkanes of at least 4 members (excludes halogenated alkanes) is 2. The Labute approximate surface area is 135 Å². The topological polar surface area (TPSA) is 61.1 Å². The van der Waals surface area contributed by atoms with Crippen LogP contribution in [0, 0.1) is 34.5 Å². The first-order valence-corrected chi connectivity index (χ1v) is 9.25. The third kappa shape index (κ3) is 3.83. The Bertz CT molecular complexity index is 396. The molecule has 2 aliphatic carbocycles. The zero-order valence-electron chi connectivity index (χ0n) is 14.0. The second-order valence-electron chi connectivity index (χ2n) is 7.58. The second kappa shape index (κ2) is 7.99. The van der Waals surface area contributed by atoms with Crippen LogP contribution in [-0.2, 0) is 4.79 Å². The summed E-state index contributed by atoms with van der Waals surface area (Å²) < 4.78 is 0. The summed E-state index contributed by atoms with van der Waals surface area (Å²) >= 11 is 0. The lowest BCUT2D eigenvalue weighted by Gasteiger charge is -2.44. The number of nitrogens with zero attached hydrogens (tertiary/aromatic N) is 1. The number of carboxylic acids is 1. The number of rotatable bonds is 6. The van der Waals surface area contributed by atoms with Crippen LogP contribution in [0.5, 0.6) is 0 Å². The van der Waals surface area contributed by atoms with E-state index in [2.05, 4.69) is 13.0 Å². The van der Waals surface area contributed by atoms with Crippen LogP contribution in [0.25, 0.3) is 0 Å². The smallest absolute Gasteiger partial charge is 0.309 e. The molecule has 124 valence electrons. The van der Waals surface area contributed by atoms with Crippen LogP contribution < -0.4 is 0 Å². The van der Waals surface area contributed by atoms with Crippen molar-refractivity contribution < 1.29 is 9.90 Å². The Morgan fingerprint density at radius 1 is 1.14 bits per heavy atom. The Kier molecular flexibility index (Phi) is 6.29. The molecule has 22 heavy (non-hydrogen) atoms. The molecular formula is C19H31NO2. The molecule has 2 fully saturated rings. The molecule has 0 atom stereocenters. The summed E-state index contributed by atoms with van der Waals surface area (Å²) in [5.74, 6) is 0.632. The maximum absolute atomic E-state index is 12.0. The highest BCUT2D eigenvalue weighted by Gasteiger charge is 2.48. The summed E-state index contributed by atoms with van der Waals surface area (Å²) in [7, 11) is 0. The predicted octanol–water partition coefficient (Wildman–Crippen LogP) is 5.16. The van der Waals surface area contributed by atoms with E-state index in [-0.39, 0.29) is 5.92 Å². The van der Waals surface area contributed by atoms with Gasteiger partial charge < -0.3 is 5.11 Å². The van der Waals surface area contributed by atoms with E-state index in [1.54, 1.807) is 0 Å². The highest BCUT2D eigenvalue weighted by atomic mass is 16.4. The van der Waals surface area contributed by atoms with Crippen LogP contribution in [0.4, 0.5) is 0 Å². The first-order valence-electron chi connectivity index (χ1n) is 9.25. The molecule has 0 bridgehead atoms. The van der Waals surface area contributed by atoms with Gasteiger partial charge in [0.25, 0.3) is 0 Å². The SMILES string of the molecule is CCCCCC1CCC(C(=O)O)(C2CCC(C#N)CC2)CC1. The minimum atomic E-state index is -0.570. The molecular weight excluding hydrogens is 274 g/mol. The van der Waals surface area contributed by atoms with Gasteiger partial charge in [-0.05, 0) is 63.2 Å². The Morgan fingerprint density at radius 3 is 2.27 bits per heavy atom. The number of carbonyl (C=O) groups is 1. The van der Waals surface area contributed by atoms with E-state index in [1.165, 1.54) is 25.7 Å². The van der Waals surface area contributed by atoms with Crippen molar-refractivity contribution in [2.45, 2.75) is 84.0 Å². The molecule has 3 nitrogen and oxygen atoms in total. The highest BCUT2D eigenvalue weighted by Crippen LogP contribution is 2.51. The van der Waals surface area contributed by atoms with Gasteiger partial charge in [-0.2, -0.15) is 5.26 Å². The largest absolute Gasteiger partial charge is 0.481 e. The van der Waals surface area contributed by atoms with E-state index in [0.717, 1.165) is 57.3 Å². The first-order chi connectivity index (χ1) is 10.6. The normalized spacial score (nSPS) is 35.7. The lowest BCUT2D eigenvalue weighted by Crippen LogP contribution is -2.43. The first kappa shape index (κ1) is 17.3. The summed E-state index contributed by atoms with van der Waals surface area (Å²) in [6.07, 6.45) is 12.7. The predicted molar refractivity (Wildman–Crippen MR) is 87.2 cm³/mol. The molecule has 0 aromatic rings. The number of carboxylic acid groups (broad SMARTS) is 1. The van der Waals surface area contributed by atoms with Crippen molar-refractivity contribution in [2.75, 3.05) is 0 Å². The molecule has 2 saturated carbocycles. The highest BCUT2D eigenvalue weighted by molar-refractivity contribution is 5.75. The Balaban J connectivity index is 1.92. The van der Waals surface area contributed by atoms with Gasteiger partial charge in [0.2, 0.25) is 0 Å². The molecule has 0 aromatic carbocycles. The second-order valence-corrected chi connectivity index (χ2v) is 7.58. The van der Waals surface area contributed by atoms with E-state index in [9.17, 15) is 9.90 Å². The van der Waals surface area contributed by atoms with Gasteiger partial charge in [0.15, 0.2) is 0 Å².